The molecule has 10 heteroatoms. The first-order valence-electron chi connectivity index (χ1n) is 31.9. The van der Waals surface area contributed by atoms with Crippen molar-refractivity contribution in [3.8, 4) is 0 Å². The van der Waals surface area contributed by atoms with E-state index in [1.54, 1.807) is 0 Å². The highest BCUT2D eigenvalue weighted by molar-refractivity contribution is 7.45. The maximum absolute atomic E-state index is 13.5. The Labute approximate surface area is 476 Å². The molecule has 0 fully saturated rings. The van der Waals surface area contributed by atoms with E-state index in [0.717, 1.165) is 77.0 Å². The Hall–Kier alpha value is -2.81. The van der Waals surface area contributed by atoms with Crippen molar-refractivity contribution < 1.29 is 37.3 Å². The van der Waals surface area contributed by atoms with Crippen molar-refractivity contribution >= 4 is 19.7 Å². The highest BCUT2D eigenvalue weighted by Gasteiger charge is 2.27. The van der Waals surface area contributed by atoms with Gasteiger partial charge in [-0.15, -0.1) is 0 Å². The Bertz CT molecular complexity index is 1590. The third-order valence-electron chi connectivity index (χ3n) is 13.8. The van der Waals surface area contributed by atoms with Crippen molar-refractivity contribution in [1.82, 2.24) is 5.32 Å². The maximum atomic E-state index is 13.5. The largest absolute Gasteiger partial charge is 0.756 e. The van der Waals surface area contributed by atoms with Crippen molar-refractivity contribution in [2.75, 3.05) is 40.9 Å². The number of unbranched alkanes of at least 4 members (excludes halogenated alkanes) is 29. The number of rotatable bonds is 57. The molecular formula is C67H121N2O7P. The molecule has 446 valence electrons. The van der Waals surface area contributed by atoms with Crippen LogP contribution in [0.5, 0.6) is 0 Å². The summed E-state index contributed by atoms with van der Waals surface area (Å²) in [7, 11) is 1.15. The van der Waals surface area contributed by atoms with Crippen molar-refractivity contribution in [2.24, 2.45) is 0 Å². The highest BCUT2D eigenvalue weighted by Crippen LogP contribution is 2.38. The molecular weight excluding hydrogens is 976 g/mol. The van der Waals surface area contributed by atoms with Crippen molar-refractivity contribution in [3.05, 3.63) is 85.1 Å². The number of nitrogens with zero attached hydrogens (tertiary/aromatic N) is 1. The van der Waals surface area contributed by atoms with E-state index in [4.69, 9.17) is 13.8 Å². The van der Waals surface area contributed by atoms with E-state index in [2.05, 4.69) is 92.9 Å². The second-order valence-corrected chi connectivity index (χ2v) is 24.0. The van der Waals surface area contributed by atoms with Crippen LogP contribution in [-0.2, 0) is 27.9 Å². The molecule has 0 spiro atoms. The van der Waals surface area contributed by atoms with Gasteiger partial charge in [0, 0.05) is 12.8 Å². The molecule has 1 amide bonds. The second-order valence-electron chi connectivity index (χ2n) is 22.6. The minimum atomic E-state index is -4.72. The first-order valence-corrected chi connectivity index (χ1v) is 33.4. The van der Waals surface area contributed by atoms with Gasteiger partial charge >= 0.3 is 5.97 Å². The molecule has 0 aromatic carbocycles. The van der Waals surface area contributed by atoms with Gasteiger partial charge in [-0.05, 0) is 96.0 Å². The third-order valence-corrected chi connectivity index (χ3v) is 14.8. The number of hydrogen-bond donors (Lipinski definition) is 1. The number of amides is 1. The second kappa shape index (κ2) is 56.5. The molecule has 0 heterocycles. The van der Waals surface area contributed by atoms with E-state index in [9.17, 15) is 19.0 Å². The quantitative estimate of drug-likeness (QED) is 0.0212. The maximum Gasteiger partial charge on any atom is 0.306 e. The summed E-state index contributed by atoms with van der Waals surface area (Å²) in [5.41, 5.74) is 0. The molecule has 0 aliphatic carbocycles. The predicted octanol–water partition coefficient (Wildman–Crippen LogP) is 19.1. The lowest BCUT2D eigenvalue weighted by Gasteiger charge is -2.30. The molecule has 0 aliphatic heterocycles. The number of allylic oxidation sites excluding steroid dienone is 13. The lowest BCUT2D eigenvalue weighted by molar-refractivity contribution is -0.870. The molecule has 0 saturated carbocycles. The van der Waals surface area contributed by atoms with Crippen LogP contribution in [0.15, 0.2) is 85.1 Å². The fourth-order valence-electron chi connectivity index (χ4n) is 8.85. The third kappa shape index (κ3) is 57.7. The Morgan fingerprint density at radius 1 is 0.455 bits per heavy atom. The Morgan fingerprint density at radius 2 is 0.805 bits per heavy atom. The van der Waals surface area contributed by atoms with E-state index in [1.165, 1.54) is 154 Å². The van der Waals surface area contributed by atoms with E-state index in [0.29, 0.717) is 23.9 Å². The molecule has 0 bridgehead atoms. The molecule has 0 aromatic rings. The number of esters is 1. The number of ether oxygens (including phenoxy) is 1. The number of likely N-dealkylation sites (N-methyl/N-ethyl adjacent to an activating group) is 1. The zero-order valence-electron chi connectivity index (χ0n) is 50.9. The van der Waals surface area contributed by atoms with Gasteiger partial charge in [0.05, 0.1) is 33.8 Å². The fourth-order valence-corrected chi connectivity index (χ4v) is 9.57. The molecule has 1 N–H and O–H groups in total. The zero-order chi connectivity index (χ0) is 56.4. The van der Waals surface area contributed by atoms with Gasteiger partial charge in [-0.3, -0.25) is 14.2 Å². The Morgan fingerprint density at radius 3 is 1.23 bits per heavy atom. The van der Waals surface area contributed by atoms with Crippen molar-refractivity contribution in [3.63, 3.8) is 0 Å². The van der Waals surface area contributed by atoms with Gasteiger partial charge in [-0.2, -0.15) is 0 Å². The molecule has 0 aliphatic rings. The van der Waals surface area contributed by atoms with Gasteiger partial charge in [-0.1, -0.05) is 254 Å². The standard InChI is InChI=1S/C67H121N2O7P/c1-7-10-13-16-19-22-25-28-29-30-31-32-33-34-35-36-37-38-39-42-45-48-51-54-57-60-67(71)76-65(58-55-52-49-46-43-40-26-23-20-17-14-11-8-2)64(63-75-77(72,73)74-62-61-69(4,5)6)68-66(70)59-56-53-50-47-44-41-27-24-21-18-15-12-9-3/h19,22,28-29,31-32,34-35,41,44,50,53,55,58,64-65H,7-18,20-21,23-27,30,33,36-40,42-43,45-49,51-52,54,56-57,59-63H2,1-6H3,(H-,68,70,72,73)/b22-19-,29-28-,32-31-,35-34-,44-41-,53-50+,58-55-. The minimum Gasteiger partial charge on any atom is -0.756 e. The average Bonchev–Trinajstić information content (AvgIpc) is 3.39. The van der Waals surface area contributed by atoms with E-state index in [1.807, 2.05) is 39.4 Å². The number of carbonyl (C=O) groups is 2. The van der Waals surface area contributed by atoms with Gasteiger partial charge in [0.25, 0.3) is 7.82 Å². The molecule has 77 heavy (non-hydrogen) atoms. The number of nitrogens with one attached hydrogen (secondary N) is 1. The summed E-state index contributed by atoms with van der Waals surface area (Å²) < 4.78 is 30.3. The number of quaternary nitrogens is 1. The van der Waals surface area contributed by atoms with Crippen LogP contribution in [0.4, 0.5) is 0 Å². The number of carbonyl (C=O) groups excluding carboxylic acids is 2. The summed E-state index contributed by atoms with van der Waals surface area (Å²) >= 11 is 0. The van der Waals surface area contributed by atoms with Crippen LogP contribution >= 0.6 is 7.82 Å². The number of phosphoric acid groups is 1. The van der Waals surface area contributed by atoms with Crippen LogP contribution < -0.4 is 10.2 Å². The fraction of sp³-hybridized carbons (Fsp3) is 0.761. The molecule has 0 radical (unpaired) electrons. The van der Waals surface area contributed by atoms with E-state index in [-0.39, 0.29) is 31.3 Å². The van der Waals surface area contributed by atoms with Gasteiger partial charge in [0.15, 0.2) is 0 Å². The van der Waals surface area contributed by atoms with Crippen molar-refractivity contribution in [1.29, 1.82) is 0 Å². The molecule has 9 nitrogen and oxygen atoms in total. The van der Waals surface area contributed by atoms with Gasteiger partial charge < -0.3 is 28.5 Å². The first-order chi connectivity index (χ1) is 37.4. The predicted molar refractivity (Wildman–Crippen MR) is 330 cm³/mol. The first kappa shape index (κ1) is 74.2. The van der Waals surface area contributed by atoms with Crippen LogP contribution in [0.2, 0.25) is 0 Å². The van der Waals surface area contributed by atoms with Gasteiger partial charge in [-0.25, -0.2) is 0 Å². The average molecular weight is 1100 g/mol. The lowest BCUT2D eigenvalue weighted by atomic mass is 10.0. The highest BCUT2D eigenvalue weighted by atomic mass is 31.2. The zero-order valence-corrected chi connectivity index (χ0v) is 51.8. The van der Waals surface area contributed by atoms with Gasteiger partial charge in [0.1, 0.15) is 19.3 Å². The molecule has 0 aromatic heterocycles. The normalized spacial score (nSPS) is 14.2. The van der Waals surface area contributed by atoms with E-state index < -0.39 is 26.6 Å². The van der Waals surface area contributed by atoms with Crippen LogP contribution in [0.1, 0.15) is 278 Å². The van der Waals surface area contributed by atoms with Crippen LogP contribution in [0.3, 0.4) is 0 Å². The minimum absolute atomic E-state index is 0.0352. The smallest absolute Gasteiger partial charge is 0.306 e. The molecule has 0 saturated heterocycles. The lowest BCUT2D eigenvalue weighted by Crippen LogP contribution is -2.47. The number of hydrogen-bond acceptors (Lipinski definition) is 7. The van der Waals surface area contributed by atoms with Crippen molar-refractivity contribution in [2.45, 2.75) is 290 Å². The summed E-state index contributed by atoms with van der Waals surface area (Å²) in [5.74, 6) is -0.625. The Kier molecular flexibility index (Phi) is 54.4. The molecule has 3 atom stereocenters. The summed E-state index contributed by atoms with van der Waals surface area (Å²) in [4.78, 5) is 39.9. The molecule has 0 rings (SSSR count). The SMILES string of the molecule is CCCCC/C=C\C/C=C\C/C=C\C/C=C\CCCCCCCCCCCC(=O)OC(/C=C\CCCCCCCCCCCCC)C(COP(=O)([O-])OCC[N+](C)(C)C)NC(=O)CC/C=C/C/C=C\CCCCCCCC. The summed E-state index contributed by atoms with van der Waals surface area (Å²) in [6, 6.07) is -0.924. The summed E-state index contributed by atoms with van der Waals surface area (Å²) in [6.45, 7) is 6.76. The van der Waals surface area contributed by atoms with Gasteiger partial charge in [0.2, 0.25) is 5.91 Å². The van der Waals surface area contributed by atoms with E-state index >= 15 is 0 Å². The Balaban J connectivity index is 5.22. The molecule has 3 unspecified atom stereocenters. The van der Waals surface area contributed by atoms with Crippen LogP contribution in [0, 0.1) is 0 Å². The summed E-state index contributed by atoms with van der Waals surface area (Å²) in [5, 5.41) is 2.98. The topological polar surface area (TPSA) is 114 Å². The van der Waals surface area contributed by atoms with Crippen LogP contribution in [-0.4, -0.2) is 69.4 Å². The number of phosphoric ester groups is 1. The monoisotopic (exact) mass is 1100 g/mol. The summed E-state index contributed by atoms with van der Waals surface area (Å²) in [6.07, 6.45) is 74.3. The van der Waals surface area contributed by atoms with Crippen LogP contribution in [0.25, 0.3) is 0 Å².